The summed E-state index contributed by atoms with van der Waals surface area (Å²) in [5.41, 5.74) is -1.55. The average molecular weight is 217 g/mol. The van der Waals surface area contributed by atoms with Crippen molar-refractivity contribution in [2.24, 2.45) is 7.05 Å². The maximum atomic E-state index is 12.1. The van der Waals surface area contributed by atoms with Gasteiger partial charge in [-0.25, -0.2) is 4.68 Å². The van der Waals surface area contributed by atoms with Gasteiger partial charge in [-0.15, -0.1) is 0 Å². The molecule has 1 rings (SSSR count). The predicted octanol–water partition coefficient (Wildman–Crippen LogP) is 2.04. The van der Waals surface area contributed by atoms with Crippen molar-refractivity contribution < 1.29 is 28.1 Å². The van der Waals surface area contributed by atoms with Crippen LogP contribution in [0, 0.1) is 0 Å². The first-order chi connectivity index (χ1) is 6.73. The first-order valence-corrected chi connectivity index (χ1v) is 3.29. The summed E-state index contributed by atoms with van der Waals surface area (Å²) in [6.07, 6.45) is -4.86. The first kappa shape index (κ1) is 9.22. The lowest BCUT2D eigenvalue weighted by Gasteiger charge is -2.01. The zero-order valence-corrected chi connectivity index (χ0v) is 6.77. The van der Waals surface area contributed by atoms with E-state index in [1.807, 2.05) is 0 Å². The first-order valence-electron chi connectivity index (χ1n) is 3.79. The topological polar surface area (TPSA) is 27.1 Å². The van der Waals surface area contributed by atoms with Crippen LogP contribution in [0.4, 0.5) is 22.0 Å². The summed E-state index contributed by atoms with van der Waals surface area (Å²) >= 11 is 0. The molecular weight excluding hydrogens is 211 g/mol. The third-order valence-corrected chi connectivity index (χ3v) is 1.24. The van der Waals surface area contributed by atoms with E-state index in [0.29, 0.717) is 4.68 Å². The van der Waals surface area contributed by atoms with Gasteiger partial charge in [0, 0.05) is 13.1 Å². The predicted molar refractivity (Wildman–Crippen MR) is 34.8 cm³/mol. The van der Waals surface area contributed by atoms with E-state index in [1.54, 1.807) is 0 Å². The summed E-state index contributed by atoms with van der Waals surface area (Å²) in [6, 6.07) is -1.20. The highest BCUT2D eigenvalue weighted by Gasteiger charge is 2.35. The zero-order chi connectivity index (χ0) is 11.8. The summed E-state index contributed by atoms with van der Waals surface area (Å²) in [4.78, 5) is 0. The van der Waals surface area contributed by atoms with Crippen molar-refractivity contribution in [3.63, 3.8) is 0 Å². The molecule has 0 radical (unpaired) electrons. The molecule has 0 amide bonds. The van der Waals surface area contributed by atoms with E-state index in [4.69, 9.17) is 1.37 Å². The van der Waals surface area contributed by atoms with Crippen LogP contribution in [0.15, 0.2) is 6.04 Å². The van der Waals surface area contributed by atoms with Gasteiger partial charge in [0.05, 0.1) is 1.37 Å². The number of nitrogens with zero attached hydrogens (tertiary/aromatic N) is 2. The molecule has 0 fully saturated rings. The second-order valence-corrected chi connectivity index (χ2v) is 2.28. The van der Waals surface area contributed by atoms with Crippen molar-refractivity contribution in [2.45, 2.75) is 12.8 Å². The Morgan fingerprint density at radius 2 is 2.14 bits per heavy atom. The molecule has 0 aliphatic heterocycles. The van der Waals surface area contributed by atoms with Crippen molar-refractivity contribution >= 4 is 0 Å². The minimum Gasteiger partial charge on any atom is -0.417 e. The Morgan fingerprint density at radius 1 is 1.57 bits per heavy atom. The van der Waals surface area contributed by atoms with Gasteiger partial charge in [-0.1, -0.05) is 0 Å². The van der Waals surface area contributed by atoms with Gasteiger partial charge >= 0.3 is 12.8 Å². The van der Waals surface area contributed by atoms with Crippen LogP contribution in [0.25, 0.3) is 0 Å². The highest BCUT2D eigenvalue weighted by Crippen LogP contribution is 2.30. The van der Waals surface area contributed by atoms with Crippen LogP contribution in [0.3, 0.4) is 0 Å². The number of halogens is 5. The number of ether oxygens (including phenoxy) is 1. The molecule has 0 bridgehead atoms. The largest absolute Gasteiger partial charge is 0.435 e. The Kier molecular flexibility index (Phi) is 2.26. The molecule has 0 aliphatic carbocycles. The minimum absolute atomic E-state index is 0.442. The summed E-state index contributed by atoms with van der Waals surface area (Å²) in [7, 11) is 0.977. The molecule has 14 heavy (non-hydrogen) atoms. The maximum Gasteiger partial charge on any atom is 0.435 e. The lowest BCUT2D eigenvalue weighted by atomic mass is 10.4. The summed E-state index contributed by atoms with van der Waals surface area (Å²) in [5, 5.41) is 2.88. The van der Waals surface area contributed by atoms with E-state index >= 15 is 0 Å². The van der Waals surface area contributed by atoms with Gasteiger partial charge in [0.25, 0.3) is 0 Å². The van der Waals surface area contributed by atoms with Crippen molar-refractivity contribution in [3.8, 4) is 5.88 Å². The second-order valence-electron chi connectivity index (χ2n) is 2.28. The van der Waals surface area contributed by atoms with Crippen LogP contribution in [0.5, 0.6) is 5.88 Å². The summed E-state index contributed by atoms with van der Waals surface area (Å²) in [5.74, 6) is -0.919. The van der Waals surface area contributed by atoms with Crippen LogP contribution in [-0.2, 0) is 13.2 Å². The fourth-order valence-electron chi connectivity index (χ4n) is 0.720. The maximum absolute atomic E-state index is 12.1. The number of aromatic nitrogens is 2. The van der Waals surface area contributed by atoms with Gasteiger partial charge in [0.2, 0.25) is 5.88 Å². The highest BCUT2D eigenvalue weighted by molar-refractivity contribution is 5.18. The van der Waals surface area contributed by atoms with Crippen LogP contribution in [-0.4, -0.2) is 16.4 Å². The van der Waals surface area contributed by atoms with Gasteiger partial charge in [-0.3, -0.25) is 0 Å². The fraction of sp³-hybridized carbons (Fsp3) is 0.500. The molecule has 80 valence electrons. The molecule has 0 saturated carbocycles. The number of alkyl halides is 5. The van der Waals surface area contributed by atoms with E-state index in [2.05, 4.69) is 9.84 Å². The molecule has 0 saturated heterocycles. The average Bonchev–Trinajstić information content (AvgIpc) is 2.30. The highest BCUT2D eigenvalue weighted by atomic mass is 19.4. The van der Waals surface area contributed by atoms with Crippen LogP contribution in [0.1, 0.15) is 7.06 Å². The molecule has 0 aliphatic rings. The fourth-order valence-corrected chi connectivity index (χ4v) is 0.720. The van der Waals surface area contributed by atoms with E-state index in [1.165, 1.54) is 0 Å². The van der Waals surface area contributed by atoms with Crippen LogP contribution >= 0.6 is 0 Å². The lowest BCUT2D eigenvalue weighted by molar-refractivity contribution is -0.141. The Hall–Kier alpha value is -1.34. The van der Waals surface area contributed by atoms with Crippen molar-refractivity contribution in [1.29, 1.82) is 0 Å². The van der Waals surface area contributed by atoms with Crippen molar-refractivity contribution in [1.82, 2.24) is 9.78 Å². The standard InChI is InChI=1S/C6H5F5N2O/c1-13-4(14-5(7)8)2-3(12-13)6(9,10)11/h2,5H,1H3/i2D. The van der Waals surface area contributed by atoms with E-state index < -0.39 is 30.4 Å². The Morgan fingerprint density at radius 3 is 2.50 bits per heavy atom. The zero-order valence-electron chi connectivity index (χ0n) is 7.77. The number of aryl methyl sites for hydroxylation is 1. The summed E-state index contributed by atoms with van der Waals surface area (Å²) in [6.45, 7) is -3.30. The van der Waals surface area contributed by atoms with Crippen LogP contribution in [0.2, 0.25) is 0 Å². The smallest absolute Gasteiger partial charge is 0.417 e. The normalized spacial score (nSPS) is 13.2. The molecule has 0 atom stereocenters. The van der Waals surface area contributed by atoms with Crippen molar-refractivity contribution in [3.05, 3.63) is 11.7 Å². The second kappa shape index (κ2) is 3.43. The molecule has 1 heterocycles. The van der Waals surface area contributed by atoms with E-state index in [-0.39, 0.29) is 0 Å². The molecule has 0 N–H and O–H groups in total. The Bertz CT molecular complexity index is 361. The van der Waals surface area contributed by atoms with Gasteiger partial charge in [0.1, 0.15) is 0 Å². The summed E-state index contributed by atoms with van der Waals surface area (Å²) < 4.78 is 71.1. The van der Waals surface area contributed by atoms with Gasteiger partial charge < -0.3 is 4.74 Å². The molecule has 1 aromatic heterocycles. The van der Waals surface area contributed by atoms with Gasteiger partial charge in [-0.05, 0) is 0 Å². The van der Waals surface area contributed by atoms with E-state index in [0.717, 1.165) is 7.05 Å². The quantitative estimate of drug-likeness (QED) is 0.709. The molecule has 8 heteroatoms. The molecule has 0 aromatic carbocycles. The third-order valence-electron chi connectivity index (χ3n) is 1.24. The number of hydrogen-bond donors (Lipinski definition) is 0. The van der Waals surface area contributed by atoms with Gasteiger partial charge in [0.15, 0.2) is 5.69 Å². The molecular formula is C6H5F5N2O. The Labute approximate surface area is 76.5 Å². The lowest BCUT2D eigenvalue weighted by Crippen LogP contribution is -2.07. The molecule has 3 nitrogen and oxygen atoms in total. The van der Waals surface area contributed by atoms with Gasteiger partial charge in [-0.2, -0.15) is 27.1 Å². The number of hydrogen-bond acceptors (Lipinski definition) is 2. The third kappa shape index (κ3) is 2.33. The number of rotatable bonds is 2. The molecule has 0 spiro atoms. The SMILES string of the molecule is [2H]c1c(C(F)(F)F)nn(C)c1OC(F)F. The van der Waals surface area contributed by atoms with Crippen molar-refractivity contribution in [2.75, 3.05) is 0 Å². The minimum atomic E-state index is -4.86. The van der Waals surface area contributed by atoms with E-state index in [9.17, 15) is 22.0 Å². The molecule has 0 unspecified atom stereocenters. The van der Waals surface area contributed by atoms with Crippen LogP contribution < -0.4 is 4.74 Å². The Balaban J connectivity index is 3.15. The monoisotopic (exact) mass is 217 g/mol. The molecule has 1 aromatic rings.